The maximum absolute atomic E-state index is 13.7. The highest BCUT2D eigenvalue weighted by Gasteiger charge is 2.36. The van der Waals surface area contributed by atoms with Gasteiger partial charge in [0.15, 0.2) is 0 Å². The summed E-state index contributed by atoms with van der Waals surface area (Å²) in [4.78, 5) is 14.0. The van der Waals surface area contributed by atoms with Gasteiger partial charge in [-0.2, -0.15) is 13.2 Å². The van der Waals surface area contributed by atoms with Crippen molar-refractivity contribution in [3.63, 3.8) is 0 Å². The van der Waals surface area contributed by atoms with Crippen LogP contribution in [0.5, 0.6) is 0 Å². The molecule has 2 heterocycles. The van der Waals surface area contributed by atoms with Crippen LogP contribution in [0.2, 0.25) is 0 Å². The smallest absolute Gasteiger partial charge is 0.371 e. The lowest BCUT2D eigenvalue weighted by Gasteiger charge is -2.34. The van der Waals surface area contributed by atoms with Crippen LogP contribution in [0.15, 0.2) is 48.7 Å². The van der Waals surface area contributed by atoms with Crippen molar-refractivity contribution in [2.24, 2.45) is 5.92 Å². The normalized spacial score (nSPS) is 18.7. The molecule has 29 heavy (non-hydrogen) atoms. The van der Waals surface area contributed by atoms with Crippen molar-refractivity contribution in [2.75, 3.05) is 28.6 Å². The minimum Gasteiger partial charge on any atom is -0.371 e. The number of alkyl halides is 3. The number of benzene rings is 2. The standard InChI is InChI=1S/C22H22F3N3O/c1-14-8-10-28(11-9-14)20-7-6-15(12-18(20)22(23,24)25)26-13-17-16-4-2-3-5-19(16)27-21(17)29/h2-7,12-14,26H,8-11H2,1H3,(H,27,29). The van der Waals surface area contributed by atoms with Crippen molar-refractivity contribution in [1.82, 2.24) is 0 Å². The lowest BCUT2D eigenvalue weighted by molar-refractivity contribution is -0.137. The molecule has 2 aliphatic rings. The van der Waals surface area contributed by atoms with Gasteiger partial charge >= 0.3 is 6.18 Å². The first-order chi connectivity index (χ1) is 13.8. The SMILES string of the molecule is CC1CCN(c2ccc(NC=C3C(=O)Nc4ccccc43)cc2C(F)(F)F)CC1. The first-order valence-corrected chi connectivity index (χ1v) is 9.66. The number of hydrogen-bond donors (Lipinski definition) is 2. The molecule has 0 atom stereocenters. The summed E-state index contributed by atoms with van der Waals surface area (Å²) in [5.41, 5.74) is 1.65. The summed E-state index contributed by atoms with van der Waals surface area (Å²) in [5.74, 6) is 0.252. The summed E-state index contributed by atoms with van der Waals surface area (Å²) in [7, 11) is 0. The van der Waals surface area contributed by atoms with E-state index in [1.165, 1.54) is 12.3 Å². The van der Waals surface area contributed by atoms with Crippen LogP contribution >= 0.6 is 0 Å². The Morgan fingerprint density at radius 3 is 2.59 bits per heavy atom. The summed E-state index contributed by atoms with van der Waals surface area (Å²) < 4.78 is 41.2. The second-order valence-corrected chi connectivity index (χ2v) is 7.60. The number of anilines is 3. The second kappa shape index (κ2) is 7.46. The number of fused-ring (bicyclic) bond motifs is 1. The predicted molar refractivity (Wildman–Crippen MR) is 109 cm³/mol. The van der Waals surface area contributed by atoms with Crippen LogP contribution in [0, 0.1) is 5.92 Å². The molecule has 1 amide bonds. The Hall–Kier alpha value is -2.96. The highest BCUT2D eigenvalue weighted by molar-refractivity contribution is 6.31. The van der Waals surface area contributed by atoms with E-state index < -0.39 is 11.7 Å². The van der Waals surface area contributed by atoms with Crippen molar-refractivity contribution in [1.29, 1.82) is 0 Å². The van der Waals surface area contributed by atoms with Gasteiger partial charge in [-0.15, -0.1) is 0 Å². The average molecular weight is 401 g/mol. The quantitative estimate of drug-likeness (QED) is 0.682. The number of hydrogen-bond acceptors (Lipinski definition) is 3. The minimum atomic E-state index is -4.46. The zero-order chi connectivity index (χ0) is 20.6. The molecule has 0 aromatic heterocycles. The number of amides is 1. The first kappa shape index (κ1) is 19.4. The van der Waals surface area contributed by atoms with E-state index in [1.807, 2.05) is 17.0 Å². The van der Waals surface area contributed by atoms with E-state index in [9.17, 15) is 18.0 Å². The fourth-order valence-electron chi connectivity index (χ4n) is 3.82. The van der Waals surface area contributed by atoms with Crippen molar-refractivity contribution in [3.05, 3.63) is 59.8 Å². The molecular formula is C22H22F3N3O. The van der Waals surface area contributed by atoms with Crippen LogP contribution < -0.4 is 15.5 Å². The molecule has 4 nitrogen and oxygen atoms in total. The maximum Gasteiger partial charge on any atom is 0.418 e. The fourth-order valence-corrected chi connectivity index (χ4v) is 3.82. The van der Waals surface area contributed by atoms with Crippen molar-refractivity contribution < 1.29 is 18.0 Å². The van der Waals surface area contributed by atoms with Crippen molar-refractivity contribution >= 4 is 28.5 Å². The Morgan fingerprint density at radius 1 is 1.14 bits per heavy atom. The average Bonchev–Trinajstić information content (AvgIpc) is 3.01. The molecule has 2 aliphatic heterocycles. The van der Waals surface area contributed by atoms with Crippen LogP contribution in [-0.4, -0.2) is 19.0 Å². The van der Waals surface area contributed by atoms with Crippen molar-refractivity contribution in [2.45, 2.75) is 25.9 Å². The van der Waals surface area contributed by atoms with Gasteiger partial charge in [0.1, 0.15) is 0 Å². The molecule has 2 aromatic rings. The van der Waals surface area contributed by atoms with E-state index in [0.717, 1.165) is 24.5 Å². The lowest BCUT2D eigenvalue weighted by atomic mass is 9.98. The molecule has 2 aromatic carbocycles. The fraction of sp³-hybridized carbons (Fsp3) is 0.318. The maximum atomic E-state index is 13.7. The molecule has 1 fully saturated rings. The molecule has 1 saturated heterocycles. The summed E-state index contributed by atoms with van der Waals surface area (Å²) in [6.45, 7) is 3.37. The molecule has 0 bridgehead atoms. The molecule has 4 rings (SSSR count). The van der Waals surface area contributed by atoms with E-state index in [0.29, 0.717) is 30.3 Å². The van der Waals surface area contributed by atoms with Crippen LogP contribution in [-0.2, 0) is 11.0 Å². The van der Waals surface area contributed by atoms with E-state index in [4.69, 9.17) is 0 Å². The molecular weight excluding hydrogens is 379 g/mol. The number of nitrogens with one attached hydrogen (secondary N) is 2. The van der Waals surface area contributed by atoms with Crippen LogP contribution in [0.1, 0.15) is 30.9 Å². The van der Waals surface area contributed by atoms with Gasteiger partial charge in [0, 0.05) is 41.9 Å². The van der Waals surface area contributed by atoms with Crippen LogP contribution in [0.3, 0.4) is 0 Å². The summed E-state index contributed by atoms with van der Waals surface area (Å²) in [6.07, 6.45) is -1.23. The third-order valence-electron chi connectivity index (χ3n) is 5.52. The Kier molecular flexibility index (Phi) is 4.98. The van der Waals surface area contributed by atoms with Gasteiger partial charge in [0.05, 0.1) is 11.1 Å². The highest BCUT2D eigenvalue weighted by atomic mass is 19.4. The lowest BCUT2D eigenvalue weighted by Crippen LogP contribution is -2.34. The number of para-hydroxylation sites is 1. The van der Waals surface area contributed by atoms with Crippen LogP contribution in [0.25, 0.3) is 5.57 Å². The Bertz CT molecular complexity index is 960. The third-order valence-corrected chi connectivity index (χ3v) is 5.52. The van der Waals surface area contributed by atoms with Gasteiger partial charge in [-0.1, -0.05) is 25.1 Å². The number of halogens is 3. The van der Waals surface area contributed by atoms with Gasteiger partial charge < -0.3 is 15.5 Å². The molecule has 7 heteroatoms. The Balaban J connectivity index is 1.61. The molecule has 2 N–H and O–H groups in total. The van der Waals surface area contributed by atoms with E-state index in [1.54, 1.807) is 18.2 Å². The van der Waals surface area contributed by atoms with E-state index >= 15 is 0 Å². The molecule has 0 aliphatic carbocycles. The number of piperidine rings is 1. The van der Waals surface area contributed by atoms with Gasteiger partial charge in [-0.25, -0.2) is 0 Å². The molecule has 0 saturated carbocycles. The molecule has 152 valence electrons. The molecule has 0 radical (unpaired) electrons. The number of carbonyl (C=O) groups excluding carboxylic acids is 1. The third kappa shape index (κ3) is 3.95. The number of rotatable bonds is 3. The zero-order valence-corrected chi connectivity index (χ0v) is 16.0. The summed E-state index contributed by atoms with van der Waals surface area (Å²) in [5, 5.41) is 5.61. The van der Waals surface area contributed by atoms with Gasteiger partial charge in [-0.3, -0.25) is 4.79 Å². The predicted octanol–water partition coefficient (Wildman–Crippen LogP) is 5.35. The minimum absolute atomic E-state index is 0.214. The summed E-state index contributed by atoms with van der Waals surface area (Å²) in [6, 6.07) is 11.4. The molecule has 0 unspecified atom stereocenters. The number of nitrogens with zero attached hydrogens (tertiary/aromatic N) is 1. The largest absolute Gasteiger partial charge is 0.418 e. The first-order valence-electron chi connectivity index (χ1n) is 9.66. The Labute approximate surface area is 167 Å². The Morgan fingerprint density at radius 2 is 1.86 bits per heavy atom. The highest BCUT2D eigenvalue weighted by Crippen LogP contribution is 2.40. The zero-order valence-electron chi connectivity index (χ0n) is 16.0. The van der Waals surface area contributed by atoms with Gasteiger partial charge in [0.2, 0.25) is 0 Å². The molecule has 0 spiro atoms. The van der Waals surface area contributed by atoms with E-state index in [-0.39, 0.29) is 17.3 Å². The number of carbonyl (C=O) groups is 1. The van der Waals surface area contributed by atoms with Crippen molar-refractivity contribution in [3.8, 4) is 0 Å². The van der Waals surface area contributed by atoms with Gasteiger partial charge in [-0.05, 0) is 43.0 Å². The summed E-state index contributed by atoms with van der Waals surface area (Å²) >= 11 is 0. The second-order valence-electron chi connectivity index (χ2n) is 7.60. The topological polar surface area (TPSA) is 44.4 Å². The van der Waals surface area contributed by atoms with Gasteiger partial charge in [0.25, 0.3) is 5.91 Å². The monoisotopic (exact) mass is 401 g/mol. The van der Waals surface area contributed by atoms with E-state index in [2.05, 4.69) is 17.6 Å². The van der Waals surface area contributed by atoms with Crippen LogP contribution in [0.4, 0.5) is 30.2 Å².